The van der Waals surface area contributed by atoms with E-state index in [1.165, 1.54) is 12.8 Å². The van der Waals surface area contributed by atoms with Gasteiger partial charge in [-0.05, 0) is 48.7 Å². The van der Waals surface area contributed by atoms with Gasteiger partial charge in [-0.25, -0.2) is 0 Å². The van der Waals surface area contributed by atoms with Crippen LogP contribution in [0.15, 0.2) is 48.5 Å². The van der Waals surface area contributed by atoms with Crippen LogP contribution in [-0.2, 0) is 11.3 Å². The van der Waals surface area contributed by atoms with E-state index in [1.54, 1.807) is 37.4 Å². The van der Waals surface area contributed by atoms with Gasteiger partial charge in [0, 0.05) is 37.0 Å². The van der Waals surface area contributed by atoms with E-state index in [0.717, 1.165) is 31.5 Å². The molecule has 27 heavy (non-hydrogen) atoms. The van der Waals surface area contributed by atoms with Crippen LogP contribution in [0, 0.1) is 0 Å². The Hall–Kier alpha value is -2.66. The molecule has 1 N–H and O–H groups in total. The van der Waals surface area contributed by atoms with E-state index in [9.17, 15) is 9.59 Å². The fraction of sp³-hybridized carbons (Fsp3) is 0.364. The van der Waals surface area contributed by atoms with E-state index in [0.29, 0.717) is 23.4 Å². The molecule has 0 aliphatic carbocycles. The van der Waals surface area contributed by atoms with Crippen molar-refractivity contribution >= 4 is 17.5 Å². The summed E-state index contributed by atoms with van der Waals surface area (Å²) in [7, 11) is 1.61. The molecule has 1 aliphatic rings. The van der Waals surface area contributed by atoms with Crippen LogP contribution in [0.4, 0.5) is 5.69 Å². The van der Waals surface area contributed by atoms with Gasteiger partial charge < -0.3 is 15.0 Å². The molecule has 5 nitrogen and oxygen atoms in total. The average Bonchev–Trinajstić information content (AvgIpc) is 2.98. The summed E-state index contributed by atoms with van der Waals surface area (Å²) in [5, 5.41) is 2.89. The van der Waals surface area contributed by atoms with Crippen molar-refractivity contribution in [1.82, 2.24) is 4.90 Å². The van der Waals surface area contributed by atoms with Crippen LogP contribution < -0.4 is 5.32 Å². The normalized spacial score (nSPS) is 14.5. The van der Waals surface area contributed by atoms with E-state index < -0.39 is 0 Å². The summed E-state index contributed by atoms with van der Waals surface area (Å²) in [5.41, 5.74) is 2.75. The fourth-order valence-electron chi connectivity index (χ4n) is 3.37. The highest BCUT2D eigenvalue weighted by Crippen LogP contribution is 2.17. The molecule has 0 unspecified atom stereocenters. The lowest BCUT2D eigenvalue weighted by molar-refractivity contribution is 0.0761. The highest BCUT2D eigenvalue weighted by Gasteiger charge is 2.17. The number of methoxy groups -OCH3 is 1. The van der Waals surface area contributed by atoms with Crippen LogP contribution >= 0.6 is 0 Å². The standard InChI is InChI=1S/C22H26N2O3/c1-27-16-18-8-4-5-9-20(18)21(25)23-19-12-10-17(11-13-19)22(26)24-14-6-2-3-7-15-24/h4-5,8-13H,2-3,6-7,14-16H2,1H3,(H,23,25). The minimum absolute atomic E-state index is 0.0696. The molecule has 142 valence electrons. The first-order valence-corrected chi connectivity index (χ1v) is 9.46. The molecule has 0 atom stereocenters. The first-order valence-electron chi connectivity index (χ1n) is 9.46. The molecule has 2 aromatic rings. The molecule has 2 aromatic carbocycles. The summed E-state index contributed by atoms with van der Waals surface area (Å²) in [6.07, 6.45) is 4.53. The van der Waals surface area contributed by atoms with Crippen molar-refractivity contribution in [2.24, 2.45) is 0 Å². The Morgan fingerprint density at radius 3 is 2.30 bits per heavy atom. The van der Waals surface area contributed by atoms with Crippen LogP contribution in [0.5, 0.6) is 0 Å². The van der Waals surface area contributed by atoms with Crippen molar-refractivity contribution in [3.8, 4) is 0 Å². The highest BCUT2D eigenvalue weighted by molar-refractivity contribution is 6.05. The summed E-state index contributed by atoms with van der Waals surface area (Å²) >= 11 is 0. The number of rotatable bonds is 5. The van der Waals surface area contributed by atoms with Crippen molar-refractivity contribution in [3.05, 3.63) is 65.2 Å². The van der Waals surface area contributed by atoms with Crippen LogP contribution in [0.3, 0.4) is 0 Å². The van der Waals surface area contributed by atoms with Gasteiger partial charge in [0.2, 0.25) is 0 Å². The van der Waals surface area contributed by atoms with Crippen molar-refractivity contribution in [3.63, 3.8) is 0 Å². The number of benzene rings is 2. The number of carbonyl (C=O) groups is 2. The molecule has 0 radical (unpaired) electrons. The third-order valence-corrected chi connectivity index (χ3v) is 4.84. The predicted molar refractivity (Wildman–Crippen MR) is 106 cm³/mol. The zero-order valence-corrected chi connectivity index (χ0v) is 15.7. The Kier molecular flexibility index (Phi) is 6.60. The second-order valence-electron chi connectivity index (χ2n) is 6.83. The van der Waals surface area contributed by atoms with Gasteiger partial charge in [0.1, 0.15) is 0 Å². The minimum Gasteiger partial charge on any atom is -0.380 e. The van der Waals surface area contributed by atoms with Gasteiger partial charge in [-0.3, -0.25) is 9.59 Å². The molecule has 1 saturated heterocycles. The van der Waals surface area contributed by atoms with Gasteiger partial charge in [0.05, 0.1) is 6.61 Å². The molecule has 1 aliphatic heterocycles. The van der Waals surface area contributed by atoms with E-state index in [-0.39, 0.29) is 11.8 Å². The van der Waals surface area contributed by atoms with Crippen molar-refractivity contribution in [2.45, 2.75) is 32.3 Å². The zero-order chi connectivity index (χ0) is 19.1. The molecule has 0 spiro atoms. The van der Waals surface area contributed by atoms with Gasteiger partial charge in [-0.15, -0.1) is 0 Å². The Bertz CT molecular complexity index is 778. The largest absolute Gasteiger partial charge is 0.380 e. The van der Waals surface area contributed by atoms with E-state index in [2.05, 4.69) is 5.32 Å². The van der Waals surface area contributed by atoms with Gasteiger partial charge in [-0.2, -0.15) is 0 Å². The van der Waals surface area contributed by atoms with E-state index >= 15 is 0 Å². The van der Waals surface area contributed by atoms with E-state index in [1.807, 2.05) is 23.1 Å². The third-order valence-electron chi connectivity index (χ3n) is 4.84. The molecule has 0 bridgehead atoms. The third kappa shape index (κ3) is 4.95. The molecule has 3 rings (SSSR count). The highest BCUT2D eigenvalue weighted by atomic mass is 16.5. The maximum Gasteiger partial charge on any atom is 0.256 e. The first kappa shape index (κ1) is 19.1. The molecule has 0 saturated carbocycles. The number of hydrogen-bond donors (Lipinski definition) is 1. The Balaban J connectivity index is 1.67. The summed E-state index contributed by atoms with van der Waals surface area (Å²) < 4.78 is 5.16. The molecule has 0 aromatic heterocycles. The molecule has 2 amide bonds. The van der Waals surface area contributed by atoms with Gasteiger partial charge in [0.25, 0.3) is 11.8 Å². The molecule has 1 heterocycles. The second kappa shape index (κ2) is 9.33. The maximum atomic E-state index is 12.6. The molecule has 5 heteroatoms. The van der Waals surface area contributed by atoms with Gasteiger partial charge in [-0.1, -0.05) is 31.0 Å². The number of nitrogens with zero attached hydrogens (tertiary/aromatic N) is 1. The van der Waals surface area contributed by atoms with Crippen molar-refractivity contribution < 1.29 is 14.3 Å². The molecular formula is C22H26N2O3. The topological polar surface area (TPSA) is 58.6 Å². The number of ether oxygens (including phenoxy) is 1. The quantitative estimate of drug-likeness (QED) is 0.867. The smallest absolute Gasteiger partial charge is 0.256 e. The monoisotopic (exact) mass is 366 g/mol. The fourth-order valence-corrected chi connectivity index (χ4v) is 3.37. The Morgan fingerprint density at radius 2 is 1.63 bits per heavy atom. The summed E-state index contributed by atoms with van der Waals surface area (Å²) in [5.74, 6) is -0.116. The minimum atomic E-state index is -0.186. The summed E-state index contributed by atoms with van der Waals surface area (Å²) in [6, 6.07) is 14.5. The lowest BCUT2D eigenvalue weighted by Gasteiger charge is -2.20. The van der Waals surface area contributed by atoms with Crippen molar-refractivity contribution in [1.29, 1.82) is 0 Å². The van der Waals surface area contributed by atoms with Crippen LogP contribution in [0.2, 0.25) is 0 Å². The van der Waals surface area contributed by atoms with E-state index in [4.69, 9.17) is 4.74 Å². The predicted octanol–water partition coefficient (Wildman–Crippen LogP) is 4.10. The van der Waals surface area contributed by atoms with Crippen LogP contribution in [0.25, 0.3) is 0 Å². The molecular weight excluding hydrogens is 340 g/mol. The Morgan fingerprint density at radius 1 is 0.963 bits per heavy atom. The lowest BCUT2D eigenvalue weighted by Crippen LogP contribution is -2.31. The number of amides is 2. The Labute approximate surface area is 160 Å². The summed E-state index contributed by atoms with van der Waals surface area (Å²) in [4.78, 5) is 27.2. The lowest BCUT2D eigenvalue weighted by atomic mass is 10.1. The SMILES string of the molecule is COCc1ccccc1C(=O)Nc1ccc(C(=O)N2CCCCCC2)cc1. The maximum absolute atomic E-state index is 12.6. The number of nitrogens with one attached hydrogen (secondary N) is 1. The van der Waals surface area contributed by atoms with Crippen LogP contribution in [0.1, 0.15) is 52.0 Å². The van der Waals surface area contributed by atoms with Crippen molar-refractivity contribution in [2.75, 3.05) is 25.5 Å². The zero-order valence-electron chi connectivity index (χ0n) is 15.7. The summed E-state index contributed by atoms with van der Waals surface area (Å²) in [6.45, 7) is 2.04. The van der Waals surface area contributed by atoms with Gasteiger partial charge >= 0.3 is 0 Å². The number of likely N-dealkylation sites (tertiary alicyclic amines) is 1. The second-order valence-corrected chi connectivity index (χ2v) is 6.83. The number of carbonyl (C=O) groups excluding carboxylic acids is 2. The number of anilines is 1. The van der Waals surface area contributed by atoms with Gasteiger partial charge in [0.15, 0.2) is 0 Å². The first-order chi connectivity index (χ1) is 13.2. The average molecular weight is 366 g/mol. The van der Waals surface area contributed by atoms with Crippen LogP contribution in [-0.4, -0.2) is 36.9 Å². The number of hydrogen-bond acceptors (Lipinski definition) is 3. The molecule has 1 fully saturated rings.